The summed E-state index contributed by atoms with van der Waals surface area (Å²) in [4.78, 5) is 24.2. The summed E-state index contributed by atoms with van der Waals surface area (Å²) in [6.07, 6.45) is 0.317. The van der Waals surface area contributed by atoms with Crippen molar-refractivity contribution in [1.29, 1.82) is 0 Å². The number of carbonyl (C=O) groups excluding carboxylic acids is 1. The van der Waals surface area contributed by atoms with E-state index in [1.807, 2.05) is 0 Å². The van der Waals surface area contributed by atoms with Gasteiger partial charge in [-0.15, -0.1) is 11.6 Å². The van der Waals surface area contributed by atoms with E-state index in [-0.39, 0.29) is 28.7 Å². The molecule has 2 rings (SSSR count). The van der Waals surface area contributed by atoms with Crippen molar-refractivity contribution in [1.82, 2.24) is 10.2 Å². The standard InChI is InChI=1S/C15H19Cl2N3O4/c1-10(16)9-24-15(21)18-12-4-5-19(8-12)7-11-2-3-13(17)14(6-11)20(22)23/h2-3,6,10,12H,4-5,7-9H2,1H3,(H,18,21). The Labute approximate surface area is 150 Å². The Bertz CT molecular complexity index is 612. The van der Waals surface area contributed by atoms with Gasteiger partial charge in [-0.3, -0.25) is 15.0 Å². The largest absolute Gasteiger partial charge is 0.448 e. The average molecular weight is 376 g/mol. The number of carbonyl (C=O) groups is 1. The second-order valence-electron chi connectivity index (χ2n) is 5.79. The first-order valence-electron chi connectivity index (χ1n) is 7.57. The summed E-state index contributed by atoms with van der Waals surface area (Å²) in [6, 6.07) is 4.78. The number of ether oxygens (including phenoxy) is 1. The summed E-state index contributed by atoms with van der Waals surface area (Å²) in [5.41, 5.74) is 0.715. The fourth-order valence-electron chi connectivity index (χ4n) is 2.55. The third kappa shape index (κ3) is 5.51. The molecular weight excluding hydrogens is 357 g/mol. The zero-order chi connectivity index (χ0) is 17.7. The molecule has 0 saturated carbocycles. The monoisotopic (exact) mass is 375 g/mol. The van der Waals surface area contributed by atoms with Crippen molar-refractivity contribution in [2.45, 2.75) is 31.3 Å². The summed E-state index contributed by atoms with van der Waals surface area (Å²) in [5.74, 6) is 0. The molecule has 1 aliphatic heterocycles. The number of halogens is 2. The maximum atomic E-state index is 11.6. The molecule has 2 atom stereocenters. The van der Waals surface area contributed by atoms with E-state index >= 15 is 0 Å². The number of amides is 1. The van der Waals surface area contributed by atoms with E-state index in [2.05, 4.69) is 10.2 Å². The van der Waals surface area contributed by atoms with Gasteiger partial charge in [-0.05, 0) is 25.0 Å². The number of nitrogens with one attached hydrogen (secondary N) is 1. The molecule has 1 amide bonds. The van der Waals surface area contributed by atoms with Crippen LogP contribution in [0.2, 0.25) is 5.02 Å². The SMILES string of the molecule is CC(Cl)COC(=O)NC1CCN(Cc2ccc(Cl)c([N+](=O)[O-])c2)C1. The normalized spacial score (nSPS) is 19.0. The van der Waals surface area contributed by atoms with Crippen LogP contribution in [0.3, 0.4) is 0 Å². The fourth-order valence-corrected chi connectivity index (χ4v) is 2.80. The predicted octanol–water partition coefficient (Wildman–Crippen LogP) is 3.18. The molecule has 9 heteroatoms. The zero-order valence-corrected chi connectivity index (χ0v) is 14.7. The Kier molecular flexibility index (Phi) is 6.65. The van der Waals surface area contributed by atoms with Crippen molar-refractivity contribution >= 4 is 35.0 Å². The highest BCUT2D eigenvalue weighted by Gasteiger charge is 2.25. The van der Waals surface area contributed by atoms with Crippen LogP contribution in [0, 0.1) is 10.1 Å². The van der Waals surface area contributed by atoms with Crippen molar-refractivity contribution in [3.8, 4) is 0 Å². The number of rotatable bonds is 6. The molecule has 1 fully saturated rings. The number of nitrogens with zero attached hydrogens (tertiary/aromatic N) is 2. The first-order valence-corrected chi connectivity index (χ1v) is 8.39. The van der Waals surface area contributed by atoms with Gasteiger partial charge in [0.15, 0.2) is 0 Å². The lowest BCUT2D eigenvalue weighted by Crippen LogP contribution is -2.37. The van der Waals surface area contributed by atoms with E-state index in [0.717, 1.165) is 18.5 Å². The van der Waals surface area contributed by atoms with Gasteiger partial charge in [-0.1, -0.05) is 17.7 Å². The van der Waals surface area contributed by atoms with E-state index in [0.29, 0.717) is 13.1 Å². The summed E-state index contributed by atoms with van der Waals surface area (Å²) < 4.78 is 4.98. The van der Waals surface area contributed by atoms with Gasteiger partial charge in [0.2, 0.25) is 0 Å². The van der Waals surface area contributed by atoms with Gasteiger partial charge in [0.05, 0.1) is 10.3 Å². The van der Waals surface area contributed by atoms with Gasteiger partial charge < -0.3 is 10.1 Å². The summed E-state index contributed by atoms with van der Waals surface area (Å²) >= 11 is 11.5. The molecular formula is C15H19Cl2N3O4. The van der Waals surface area contributed by atoms with Crippen LogP contribution in [0.5, 0.6) is 0 Å². The van der Waals surface area contributed by atoms with E-state index in [1.165, 1.54) is 12.1 Å². The highest BCUT2D eigenvalue weighted by atomic mass is 35.5. The van der Waals surface area contributed by atoms with Crippen LogP contribution in [0.4, 0.5) is 10.5 Å². The highest BCUT2D eigenvalue weighted by Crippen LogP contribution is 2.26. The quantitative estimate of drug-likeness (QED) is 0.468. The first kappa shape index (κ1) is 18.8. The van der Waals surface area contributed by atoms with Crippen molar-refractivity contribution in [3.63, 3.8) is 0 Å². The van der Waals surface area contributed by atoms with E-state index in [9.17, 15) is 14.9 Å². The third-order valence-corrected chi connectivity index (χ3v) is 4.10. The van der Waals surface area contributed by atoms with Crippen LogP contribution in [0.25, 0.3) is 0 Å². The first-order chi connectivity index (χ1) is 11.3. The number of nitro benzene ring substituents is 1. The molecule has 0 radical (unpaired) electrons. The molecule has 1 N–H and O–H groups in total. The lowest BCUT2D eigenvalue weighted by molar-refractivity contribution is -0.384. The average Bonchev–Trinajstić information content (AvgIpc) is 2.94. The number of benzene rings is 1. The Morgan fingerprint density at radius 1 is 1.58 bits per heavy atom. The Morgan fingerprint density at radius 2 is 2.33 bits per heavy atom. The molecule has 1 aromatic carbocycles. The molecule has 0 aromatic heterocycles. The summed E-state index contributed by atoms with van der Waals surface area (Å²) in [6.45, 7) is 3.91. The van der Waals surface area contributed by atoms with Crippen LogP contribution in [0.15, 0.2) is 18.2 Å². The molecule has 1 saturated heterocycles. The third-order valence-electron chi connectivity index (χ3n) is 3.65. The fraction of sp³-hybridized carbons (Fsp3) is 0.533. The molecule has 132 valence electrons. The molecule has 1 aliphatic rings. The zero-order valence-electron chi connectivity index (χ0n) is 13.2. The molecule has 7 nitrogen and oxygen atoms in total. The molecule has 1 heterocycles. The minimum absolute atomic E-state index is 0.00887. The number of alkyl halides is 1. The molecule has 0 bridgehead atoms. The lowest BCUT2D eigenvalue weighted by atomic mass is 10.2. The van der Waals surface area contributed by atoms with Gasteiger partial charge in [0, 0.05) is 31.7 Å². The number of alkyl carbamates (subject to hydrolysis) is 1. The van der Waals surface area contributed by atoms with Crippen LogP contribution in [0.1, 0.15) is 18.9 Å². The molecule has 2 unspecified atom stereocenters. The predicted molar refractivity (Wildman–Crippen MR) is 91.6 cm³/mol. The topological polar surface area (TPSA) is 84.7 Å². The Hall–Kier alpha value is -1.57. The van der Waals surface area contributed by atoms with Gasteiger partial charge in [-0.25, -0.2) is 4.79 Å². The second-order valence-corrected chi connectivity index (χ2v) is 6.94. The van der Waals surface area contributed by atoms with E-state index < -0.39 is 11.0 Å². The highest BCUT2D eigenvalue weighted by molar-refractivity contribution is 6.32. The maximum absolute atomic E-state index is 11.6. The number of nitro groups is 1. The minimum atomic E-state index is -0.492. The summed E-state index contributed by atoms with van der Waals surface area (Å²) in [5, 5.41) is 13.6. The molecule has 24 heavy (non-hydrogen) atoms. The number of hydrogen-bond donors (Lipinski definition) is 1. The Balaban J connectivity index is 1.85. The van der Waals surface area contributed by atoms with Crippen LogP contribution in [-0.4, -0.2) is 47.0 Å². The molecule has 0 spiro atoms. The lowest BCUT2D eigenvalue weighted by Gasteiger charge is -2.17. The van der Waals surface area contributed by atoms with E-state index in [4.69, 9.17) is 27.9 Å². The van der Waals surface area contributed by atoms with Crippen LogP contribution in [-0.2, 0) is 11.3 Å². The van der Waals surface area contributed by atoms with Crippen molar-refractivity contribution in [3.05, 3.63) is 38.9 Å². The molecule has 1 aromatic rings. The van der Waals surface area contributed by atoms with Crippen molar-refractivity contribution in [2.24, 2.45) is 0 Å². The number of hydrogen-bond acceptors (Lipinski definition) is 5. The van der Waals surface area contributed by atoms with Gasteiger partial charge in [-0.2, -0.15) is 0 Å². The van der Waals surface area contributed by atoms with Crippen LogP contribution < -0.4 is 5.32 Å². The summed E-state index contributed by atoms with van der Waals surface area (Å²) in [7, 11) is 0. The van der Waals surface area contributed by atoms with Crippen molar-refractivity contribution in [2.75, 3.05) is 19.7 Å². The maximum Gasteiger partial charge on any atom is 0.407 e. The van der Waals surface area contributed by atoms with Gasteiger partial charge >= 0.3 is 6.09 Å². The molecule has 0 aliphatic carbocycles. The van der Waals surface area contributed by atoms with Crippen LogP contribution >= 0.6 is 23.2 Å². The minimum Gasteiger partial charge on any atom is -0.448 e. The number of likely N-dealkylation sites (tertiary alicyclic amines) is 1. The van der Waals surface area contributed by atoms with E-state index in [1.54, 1.807) is 13.0 Å². The van der Waals surface area contributed by atoms with Gasteiger partial charge in [0.1, 0.15) is 11.6 Å². The Morgan fingerprint density at radius 3 is 3.00 bits per heavy atom. The van der Waals surface area contributed by atoms with Gasteiger partial charge in [0.25, 0.3) is 5.69 Å². The smallest absolute Gasteiger partial charge is 0.407 e. The second kappa shape index (κ2) is 8.50. The van der Waals surface area contributed by atoms with Crippen molar-refractivity contribution < 1.29 is 14.5 Å².